The number of esters is 2. The smallest absolute Gasteiger partial charge is 0.416 e. The molecule has 0 N–H and O–H groups in total. The topological polar surface area (TPSA) is 52.6 Å². The summed E-state index contributed by atoms with van der Waals surface area (Å²) in [4.78, 5) is 25.7. The first kappa shape index (κ1) is 24.9. The zero-order valence-electron chi connectivity index (χ0n) is 18.8. The molecule has 2 aliphatic carbocycles. The van der Waals surface area contributed by atoms with Crippen LogP contribution in [0, 0.1) is 0 Å². The number of benzene rings is 3. The zero-order valence-corrected chi connectivity index (χ0v) is 18.8. The molecule has 4 unspecified atom stereocenters. The lowest BCUT2D eigenvalue weighted by molar-refractivity contribution is -0.138. The number of carbonyl (C=O) groups is 2. The molecule has 192 valence electrons. The molecule has 37 heavy (non-hydrogen) atoms. The Kier molecular flexibility index (Phi) is 6.00. The number of hydrogen-bond donors (Lipinski definition) is 0. The highest BCUT2D eigenvalue weighted by Gasteiger charge is 2.55. The summed E-state index contributed by atoms with van der Waals surface area (Å²) in [7, 11) is 0. The van der Waals surface area contributed by atoms with Gasteiger partial charge in [0.25, 0.3) is 0 Å². The van der Waals surface area contributed by atoms with Crippen molar-refractivity contribution in [1.82, 2.24) is 0 Å². The van der Waals surface area contributed by atoms with Gasteiger partial charge in [-0.25, -0.2) is 9.59 Å². The number of fused-ring (bicyclic) bond motifs is 5. The molecule has 5 rings (SSSR count). The highest BCUT2D eigenvalue weighted by molar-refractivity contribution is 5.90. The standard InChI is InChI=1S/C27H18F6O4/c28-26(29,30)16-9-5-14(6-10-16)24(34)36-22-20-13-21(19-4-2-1-3-18(19)20)23(22)37-25(35)15-7-11-17(12-8-15)27(31,32)33/h1-12,20-23H,13H2. The van der Waals surface area contributed by atoms with Crippen LogP contribution in [-0.4, -0.2) is 24.1 Å². The normalized spacial score (nSPS) is 22.4. The summed E-state index contributed by atoms with van der Waals surface area (Å²) in [5, 5.41) is 0. The lowest BCUT2D eigenvalue weighted by Gasteiger charge is -2.32. The van der Waals surface area contributed by atoms with E-state index in [0.717, 1.165) is 59.7 Å². The van der Waals surface area contributed by atoms with Crippen molar-refractivity contribution in [2.24, 2.45) is 0 Å². The minimum Gasteiger partial charge on any atom is -0.454 e. The maximum atomic E-state index is 12.9. The number of rotatable bonds is 4. The van der Waals surface area contributed by atoms with Gasteiger partial charge in [0.15, 0.2) is 0 Å². The fourth-order valence-electron chi connectivity index (χ4n) is 5.07. The third-order valence-electron chi connectivity index (χ3n) is 6.80. The van der Waals surface area contributed by atoms with Crippen LogP contribution in [0.3, 0.4) is 0 Å². The Labute approximate surface area is 206 Å². The van der Waals surface area contributed by atoms with Gasteiger partial charge in [0.05, 0.1) is 22.3 Å². The maximum absolute atomic E-state index is 12.9. The molecule has 0 aliphatic heterocycles. The van der Waals surface area contributed by atoms with Crippen molar-refractivity contribution in [1.29, 1.82) is 0 Å². The average molecular weight is 520 g/mol. The molecule has 3 aromatic carbocycles. The molecule has 0 radical (unpaired) electrons. The van der Waals surface area contributed by atoms with Crippen LogP contribution < -0.4 is 0 Å². The van der Waals surface area contributed by atoms with Crippen LogP contribution in [0.1, 0.15) is 61.2 Å². The molecule has 10 heteroatoms. The van der Waals surface area contributed by atoms with Crippen LogP contribution in [-0.2, 0) is 21.8 Å². The van der Waals surface area contributed by atoms with Crippen molar-refractivity contribution >= 4 is 11.9 Å². The van der Waals surface area contributed by atoms with E-state index in [9.17, 15) is 35.9 Å². The van der Waals surface area contributed by atoms with Crippen LogP contribution in [0.15, 0.2) is 72.8 Å². The molecule has 0 saturated heterocycles. The second-order valence-electron chi connectivity index (χ2n) is 8.97. The van der Waals surface area contributed by atoms with E-state index in [4.69, 9.17) is 9.47 Å². The molecular weight excluding hydrogens is 502 g/mol. The van der Waals surface area contributed by atoms with Gasteiger partial charge in [-0.05, 0) is 66.1 Å². The van der Waals surface area contributed by atoms with Gasteiger partial charge >= 0.3 is 24.3 Å². The predicted octanol–water partition coefficient (Wildman–Crippen LogP) is 6.76. The highest BCUT2D eigenvalue weighted by Crippen LogP contribution is 2.55. The zero-order chi connectivity index (χ0) is 26.5. The first-order valence-electron chi connectivity index (χ1n) is 11.3. The van der Waals surface area contributed by atoms with Crippen molar-refractivity contribution < 1.29 is 45.4 Å². The maximum Gasteiger partial charge on any atom is 0.416 e. The van der Waals surface area contributed by atoms with Crippen molar-refractivity contribution in [3.05, 3.63) is 106 Å². The lowest BCUT2D eigenvalue weighted by Crippen LogP contribution is -2.39. The van der Waals surface area contributed by atoms with E-state index in [1.807, 2.05) is 24.3 Å². The summed E-state index contributed by atoms with van der Waals surface area (Å²) in [5.41, 5.74) is -0.199. The largest absolute Gasteiger partial charge is 0.454 e. The van der Waals surface area contributed by atoms with Gasteiger partial charge in [-0.15, -0.1) is 0 Å². The summed E-state index contributed by atoms with van der Waals surface area (Å²) < 4.78 is 88.5. The Hall–Kier alpha value is -3.82. The summed E-state index contributed by atoms with van der Waals surface area (Å²) in [6, 6.07) is 14.5. The van der Waals surface area contributed by atoms with Crippen LogP contribution in [0.5, 0.6) is 0 Å². The minimum absolute atomic E-state index is 0.100. The van der Waals surface area contributed by atoms with Gasteiger partial charge in [-0.2, -0.15) is 26.3 Å². The number of ether oxygens (including phenoxy) is 2. The Bertz CT molecular complexity index is 1230. The van der Waals surface area contributed by atoms with Gasteiger partial charge in [0.2, 0.25) is 0 Å². The number of carbonyl (C=O) groups excluding carboxylic acids is 2. The molecule has 4 nitrogen and oxygen atoms in total. The van der Waals surface area contributed by atoms with E-state index in [2.05, 4.69) is 0 Å². The first-order chi connectivity index (χ1) is 17.4. The van der Waals surface area contributed by atoms with Gasteiger partial charge in [0.1, 0.15) is 12.2 Å². The van der Waals surface area contributed by atoms with E-state index in [1.165, 1.54) is 0 Å². The van der Waals surface area contributed by atoms with Crippen molar-refractivity contribution in [2.45, 2.75) is 42.8 Å². The van der Waals surface area contributed by atoms with Gasteiger partial charge in [-0.3, -0.25) is 0 Å². The van der Waals surface area contributed by atoms with E-state index in [0.29, 0.717) is 6.42 Å². The summed E-state index contributed by atoms with van der Waals surface area (Å²) in [6.45, 7) is 0. The van der Waals surface area contributed by atoms with E-state index < -0.39 is 47.6 Å². The van der Waals surface area contributed by atoms with Crippen molar-refractivity contribution in [2.75, 3.05) is 0 Å². The summed E-state index contributed by atoms with van der Waals surface area (Å²) in [6.07, 6.45) is -10.5. The van der Waals surface area contributed by atoms with Crippen LogP contribution in [0.2, 0.25) is 0 Å². The fraction of sp³-hybridized carbons (Fsp3) is 0.259. The molecule has 0 spiro atoms. The number of alkyl halides is 6. The molecule has 2 aliphatic rings. The van der Waals surface area contributed by atoms with E-state index in [-0.39, 0.29) is 23.0 Å². The highest BCUT2D eigenvalue weighted by atomic mass is 19.4. The summed E-state index contributed by atoms with van der Waals surface area (Å²) >= 11 is 0. The Morgan fingerprint density at radius 1 is 0.595 bits per heavy atom. The SMILES string of the molecule is O=C(OC1C2CC(c3ccccc32)C1OC(=O)c1ccc(C(F)(F)F)cc1)c1ccc(C(F)(F)F)cc1. The summed E-state index contributed by atoms with van der Waals surface area (Å²) in [5.74, 6) is -2.38. The van der Waals surface area contributed by atoms with E-state index in [1.54, 1.807) is 0 Å². The quantitative estimate of drug-likeness (QED) is 0.282. The molecule has 1 saturated carbocycles. The third-order valence-corrected chi connectivity index (χ3v) is 6.80. The van der Waals surface area contributed by atoms with Crippen LogP contribution in [0.25, 0.3) is 0 Å². The van der Waals surface area contributed by atoms with Gasteiger partial charge in [0, 0.05) is 11.8 Å². The number of halogens is 6. The minimum atomic E-state index is -4.56. The second kappa shape index (κ2) is 8.93. The molecule has 3 aromatic rings. The number of hydrogen-bond acceptors (Lipinski definition) is 4. The van der Waals surface area contributed by atoms with Crippen LogP contribution in [0.4, 0.5) is 26.3 Å². The van der Waals surface area contributed by atoms with Gasteiger partial charge < -0.3 is 9.47 Å². The molecule has 1 fully saturated rings. The third kappa shape index (κ3) is 4.68. The lowest BCUT2D eigenvalue weighted by atomic mass is 9.87. The first-order valence-corrected chi connectivity index (χ1v) is 11.3. The Morgan fingerprint density at radius 2 is 0.946 bits per heavy atom. The molecule has 2 bridgehead atoms. The Morgan fingerprint density at radius 3 is 1.27 bits per heavy atom. The van der Waals surface area contributed by atoms with Crippen molar-refractivity contribution in [3.8, 4) is 0 Å². The average Bonchev–Trinajstić information content (AvgIpc) is 3.40. The fourth-order valence-corrected chi connectivity index (χ4v) is 5.07. The predicted molar refractivity (Wildman–Crippen MR) is 118 cm³/mol. The Balaban J connectivity index is 1.38. The van der Waals surface area contributed by atoms with E-state index >= 15 is 0 Å². The molecule has 4 atom stereocenters. The van der Waals surface area contributed by atoms with Gasteiger partial charge in [-0.1, -0.05) is 24.3 Å². The molecule has 0 heterocycles. The molecular formula is C27H18F6O4. The molecule has 0 aromatic heterocycles. The monoisotopic (exact) mass is 520 g/mol. The molecule has 0 amide bonds. The van der Waals surface area contributed by atoms with Crippen LogP contribution >= 0.6 is 0 Å². The second-order valence-corrected chi connectivity index (χ2v) is 8.97. The van der Waals surface area contributed by atoms with Crippen molar-refractivity contribution in [3.63, 3.8) is 0 Å².